The smallest absolute Gasteiger partial charge is 0.0771 e. The number of hydrogen-bond acceptors (Lipinski definition) is 3. The maximum Gasteiger partial charge on any atom is 0.0771 e. The van der Waals surface area contributed by atoms with E-state index in [0.717, 1.165) is 45.4 Å². The fourth-order valence-corrected chi connectivity index (χ4v) is 2.62. The highest BCUT2D eigenvalue weighted by Crippen LogP contribution is 2.27. The van der Waals surface area contributed by atoms with Gasteiger partial charge in [0.1, 0.15) is 0 Å². The molecular weight excluding hydrogens is 190 g/mol. The van der Waals surface area contributed by atoms with Gasteiger partial charge < -0.3 is 15.2 Å². The molecule has 0 aromatic carbocycles. The van der Waals surface area contributed by atoms with Crippen LogP contribution in [0.25, 0.3) is 0 Å². The number of ether oxygens (including phenoxy) is 1. The van der Waals surface area contributed by atoms with Gasteiger partial charge >= 0.3 is 0 Å². The Morgan fingerprint density at radius 2 is 1.80 bits per heavy atom. The largest absolute Gasteiger partial charge is 0.389 e. The van der Waals surface area contributed by atoms with Crippen LogP contribution >= 0.6 is 0 Å². The quantitative estimate of drug-likeness (QED) is 0.745. The topological polar surface area (TPSA) is 41.5 Å². The summed E-state index contributed by atoms with van der Waals surface area (Å²) in [6, 6.07) is 0.560. The Bertz CT molecular complexity index is 184. The first kappa shape index (κ1) is 11.4. The molecule has 1 aliphatic heterocycles. The minimum Gasteiger partial charge on any atom is -0.389 e. The number of hydrogen-bond donors (Lipinski definition) is 2. The highest BCUT2D eigenvalue weighted by Gasteiger charge is 2.29. The lowest BCUT2D eigenvalue weighted by atomic mass is 9.84. The van der Waals surface area contributed by atoms with Crippen LogP contribution in [0.1, 0.15) is 44.9 Å². The van der Waals surface area contributed by atoms with Gasteiger partial charge in [0.25, 0.3) is 0 Å². The van der Waals surface area contributed by atoms with Gasteiger partial charge in [-0.2, -0.15) is 0 Å². The molecule has 2 N–H and O–H groups in total. The molecule has 0 spiro atoms. The molecule has 0 aromatic heterocycles. The summed E-state index contributed by atoms with van der Waals surface area (Å²) in [5, 5.41) is 13.8. The Kier molecular flexibility index (Phi) is 4.00. The fraction of sp³-hybridized carbons (Fsp3) is 1.00. The van der Waals surface area contributed by atoms with Crippen LogP contribution in [0.15, 0.2) is 0 Å². The van der Waals surface area contributed by atoms with E-state index in [1.807, 2.05) is 0 Å². The Hall–Kier alpha value is -0.120. The molecule has 3 heteroatoms. The molecule has 0 atom stereocenters. The Morgan fingerprint density at radius 3 is 2.47 bits per heavy atom. The third kappa shape index (κ3) is 3.44. The maximum atomic E-state index is 10.3. The maximum absolute atomic E-state index is 10.3. The molecule has 0 unspecified atom stereocenters. The Labute approximate surface area is 92.2 Å². The zero-order chi connectivity index (χ0) is 10.6. The molecule has 1 saturated carbocycles. The van der Waals surface area contributed by atoms with Gasteiger partial charge in [-0.1, -0.05) is 19.3 Å². The highest BCUT2D eigenvalue weighted by atomic mass is 16.5. The zero-order valence-electron chi connectivity index (χ0n) is 9.50. The molecule has 0 bridgehead atoms. The van der Waals surface area contributed by atoms with Crippen molar-refractivity contribution in [1.29, 1.82) is 0 Å². The first-order valence-electron chi connectivity index (χ1n) is 6.32. The summed E-state index contributed by atoms with van der Waals surface area (Å²) in [5.74, 6) is 0. The summed E-state index contributed by atoms with van der Waals surface area (Å²) < 4.78 is 5.31. The van der Waals surface area contributed by atoms with E-state index in [2.05, 4.69) is 5.32 Å². The predicted molar refractivity (Wildman–Crippen MR) is 59.9 cm³/mol. The molecule has 88 valence electrons. The van der Waals surface area contributed by atoms with Crippen LogP contribution in [-0.2, 0) is 4.74 Å². The van der Waals surface area contributed by atoms with E-state index in [9.17, 15) is 5.11 Å². The van der Waals surface area contributed by atoms with Crippen LogP contribution in [0.4, 0.5) is 0 Å². The highest BCUT2D eigenvalue weighted by molar-refractivity contribution is 4.86. The lowest BCUT2D eigenvalue weighted by Crippen LogP contribution is -2.47. The van der Waals surface area contributed by atoms with Gasteiger partial charge in [-0.15, -0.1) is 0 Å². The number of aliphatic hydroxyl groups is 1. The fourth-order valence-electron chi connectivity index (χ4n) is 2.62. The summed E-state index contributed by atoms with van der Waals surface area (Å²) >= 11 is 0. The minimum atomic E-state index is -0.420. The van der Waals surface area contributed by atoms with Gasteiger partial charge in [0, 0.05) is 25.8 Å². The van der Waals surface area contributed by atoms with Crippen LogP contribution < -0.4 is 5.32 Å². The molecule has 0 aromatic rings. The second-order valence-electron chi connectivity index (χ2n) is 5.05. The summed E-state index contributed by atoms with van der Waals surface area (Å²) in [4.78, 5) is 0. The van der Waals surface area contributed by atoms with E-state index in [1.165, 1.54) is 19.3 Å². The Morgan fingerprint density at radius 1 is 1.13 bits per heavy atom. The van der Waals surface area contributed by atoms with Crippen LogP contribution in [0.2, 0.25) is 0 Å². The van der Waals surface area contributed by atoms with E-state index < -0.39 is 5.60 Å². The van der Waals surface area contributed by atoms with Crippen LogP contribution in [0.3, 0.4) is 0 Å². The van der Waals surface area contributed by atoms with Crippen molar-refractivity contribution in [2.75, 3.05) is 19.8 Å². The zero-order valence-corrected chi connectivity index (χ0v) is 9.50. The summed E-state index contributed by atoms with van der Waals surface area (Å²) in [7, 11) is 0. The van der Waals surface area contributed by atoms with Gasteiger partial charge in [-0.25, -0.2) is 0 Å². The Balaban J connectivity index is 1.70. The van der Waals surface area contributed by atoms with E-state index >= 15 is 0 Å². The SMILES string of the molecule is OC1(CNC2CCOCC2)CCCCC1. The normalized spacial score (nSPS) is 27.8. The average Bonchev–Trinajstić information content (AvgIpc) is 2.29. The average molecular weight is 213 g/mol. The molecule has 2 fully saturated rings. The molecule has 1 aliphatic carbocycles. The van der Waals surface area contributed by atoms with E-state index in [4.69, 9.17) is 4.74 Å². The molecule has 0 radical (unpaired) electrons. The lowest BCUT2D eigenvalue weighted by molar-refractivity contribution is -0.00295. The molecule has 1 heterocycles. The van der Waals surface area contributed by atoms with Crippen molar-refractivity contribution in [2.45, 2.75) is 56.6 Å². The molecule has 2 aliphatic rings. The first-order chi connectivity index (χ1) is 7.29. The molecule has 3 nitrogen and oxygen atoms in total. The van der Waals surface area contributed by atoms with Crippen LogP contribution in [0.5, 0.6) is 0 Å². The molecule has 15 heavy (non-hydrogen) atoms. The third-order valence-electron chi connectivity index (χ3n) is 3.73. The van der Waals surface area contributed by atoms with Crippen molar-refractivity contribution in [3.8, 4) is 0 Å². The second-order valence-corrected chi connectivity index (χ2v) is 5.05. The van der Waals surface area contributed by atoms with E-state index in [1.54, 1.807) is 0 Å². The first-order valence-corrected chi connectivity index (χ1v) is 6.32. The predicted octanol–water partition coefficient (Wildman–Crippen LogP) is 1.45. The van der Waals surface area contributed by atoms with Crippen molar-refractivity contribution < 1.29 is 9.84 Å². The molecule has 2 rings (SSSR count). The standard InChI is InChI=1S/C12H23NO2/c14-12(6-2-1-3-7-12)10-13-11-4-8-15-9-5-11/h11,13-14H,1-10H2. The lowest BCUT2D eigenvalue weighted by Gasteiger charge is -2.34. The van der Waals surface area contributed by atoms with Crippen molar-refractivity contribution in [2.24, 2.45) is 0 Å². The second kappa shape index (κ2) is 5.28. The van der Waals surface area contributed by atoms with Crippen molar-refractivity contribution in [1.82, 2.24) is 5.32 Å². The monoisotopic (exact) mass is 213 g/mol. The summed E-state index contributed by atoms with van der Waals surface area (Å²) in [5.41, 5.74) is -0.420. The summed E-state index contributed by atoms with van der Waals surface area (Å²) in [6.07, 6.45) is 7.80. The van der Waals surface area contributed by atoms with Gasteiger partial charge in [0.15, 0.2) is 0 Å². The van der Waals surface area contributed by atoms with Crippen molar-refractivity contribution in [3.63, 3.8) is 0 Å². The molecule has 0 amide bonds. The van der Waals surface area contributed by atoms with Crippen LogP contribution in [0, 0.1) is 0 Å². The third-order valence-corrected chi connectivity index (χ3v) is 3.73. The van der Waals surface area contributed by atoms with E-state index in [-0.39, 0.29) is 0 Å². The van der Waals surface area contributed by atoms with Crippen LogP contribution in [-0.4, -0.2) is 36.5 Å². The summed E-state index contributed by atoms with van der Waals surface area (Å²) in [6.45, 7) is 2.52. The number of rotatable bonds is 3. The number of nitrogens with one attached hydrogen (secondary N) is 1. The van der Waals surface area contributed by atoms with Gasteiger partial charge in [-0.3, -0.25) is 0 Å². The van der Waals surface area contributed by atoms with Gasteiger partial charge in [-0.05, 0) is 25.7 Å². The molecule has 1 saturated heterocycles. The minimum absolute atomic E-state index is 0.420. The van der Waals surface area contributed by atoms with Gasteiger partial charge in [0.05, 0.1) is 5.60 Å². The van der Waals surface area contributed by atoms with E-state index in [0.29, 0.717) is 6.04 Å². The van der Waals surface area contributed by atoms with Gasteiger partial charge in [0.2, 0.25) is 0 Å². The molecular formula is C12H23NO2. The van der Waals surface area contributed by atoms with Crippen molar-refractivity contribution >= 4 is 0 Å². The van der Waals surface area contributed by atoms with Crippen molar-refractivity contribution in [3.05, 3.63) is 0 Å².